The van der Waals surface area contributed by atoms with Crippen LogP contribution in [0.1, 0.15) is 37.3 Å². The molecule has 2 heterocycles. The number of amides is 1. The molecule has 2 fully saturated rings. The molecule has 2 unspecified atom stereocenters. The van der Waals surface area contributed by atoms with E-state index in [1.807, 2.05) is 29.2 Å². The smallest absolute Gasteiger partial charge is 0.223 e. The molecule has 0 spiro atoms. The van der Waals surface area contributed by atoms with E-state index in [9.17, 15) is 13.2 Å². The van der Waals surface area contributed by atoms with Crippen LogP contribution in [-0.2, 0) is 14.6 Å². The molecule has 2 aliphatic heterocycles. The quantitative estimate of drug-likeness (QED) is 0.845. The number of benzene rings is 1. The highest BCUT2D eigenvalue weighted by atomic mass is 32.2. The third-order valence-corrected chi connectivity index (χ3v) is 6.68. The summed E-state index contributed by atoms with van der Waals surface area (Å²) in [6.45, 7) is 0.750. The van der Waals surface area contributed by atoms with Crippen molar-refractivity contribution >= 4 is 15.7 Å². The van der Waals surface area contributed by atoms with E-state index in [4.69, 9.17) is 4.74 Å². The van der Waals surface area contributed by atoms with Crippen molar-refractivity contribution in [3.63, 3.8) is 0 Å². The summed E-state index contributed by atoms with van der Waals surface area (Å²) in [5.41, 5.74) is 1.09. The van der Waals surface area contributed by atoms with E-state index < -0.39 is 9.84 Å². The van der Waals surface area contributed by atoms with Gasteiger partial charge < -0.3 is 9.64 Å². The predicted octanol–water partition coefficient (Wildman–Crippen LogP) is 2.18. The van der Waals surface area contributed by atoms with Gasteiger partial charge in [-0.2, -0.15) is 0 Å². The Hall–Kier alpha value is -1.56. The number of rotatable bonds is 4. The maximum atomic E-state index is 12.7. The van der Waals surface area contributed by atoms with E-state index in [2.05, 4.69) is 0 Å². The van der Waals surface area contributed by atoms with Crippen molar-refractivity contribution in [2.75, 3.05) is 25.2 Å². The van der Waals surface area contributed by atoms with Crippen molar-refractivity contribution in [2.24, 2.45) is 5.92 Å². The lowest BCUT2D eigenvalue weighted by atomic mass is 10.0. The van der Waals surface area contributed by atoms with Crippen molar-refractivity contribution in [1.82, 2.24) is 4.90 Å². The topological polar surface area (TPSA) is 63.7 Å². The Morgan fingerprint density at radius 3 is 2.87 bits per heavy atom. The van der Waals surface area contributed by atoms with Gasteiger partial charge in [0, 0.05) is 13.0 Å². The van der Waals surface area contributed by atoms with Crippen molar-refractivity contribution in [1.29, 1.82) is 0 Å². The van der Waals surface area contributed by atoms with Gasteiger partial charge in [0.1, 0.15) is 5.75 Å². The molecule has 1 aromatic rings. The second-order valence-electron chi connectivity index (χ2n) is 6.49. The maximum Gasteiger partial charge on any atom is 0.223 e. The van der Waals surface area contributed by atoms with E-state index >= 15 is 0 Å². The third kappa shape index (κ3) is 3.68. The van der Waals surface area contributed by atoms with Gasteiger partial charge in [0.2, 0.25) is 5.91 Å². The highest BCUT2D eigenvalue weighted by Crippen LogP contribution is 2.35. The first-order chi connectivity index (χ1) is 11.0. The first-order valence-electron chi connectivity index (χ1n) is 8.12. The molecule has 0 N–H and O–H groups in total. The molecule has 126 valence electrons. The number of likely N-dealkylation sites (tertiary alicyclic amines) is 1. The Morgan fingerprint density at radius 1 is 1.35 bits per heavy atom. The molecule has 5 nitrogen and oxygen atoms in total. The molecule has 1 amide bonds. The van der Waals surface area contributed by atoms with Crippen LogP contribution in [-0.4, -0.2) is 44.4 Å². The monoisotopic (exact) mass is 337 g/mol. The summed E-state index contributed by atoms with van der Waals surface area (Å²) in [5.74, 6) is 1.25. The highest BCUT2D eigenvalue weighted by Gasteiger charge is 2.34. The second-order valence-corrected chi connectivity index (χ2v) is 8.72. The summed E-state index contributed by atoms with van der Waals surface area (Å²) >= 11 is 0. The van der Waals surface area contributed by atoms with Gasteiger partial charge in [-0.05, 0) is 42.9 Å². The average molecular weight is 337 g/mol. The zero-order chi connectivity index (χ0) is 16.4. The number of carbonyl (C=O) groups excluding carboxylic acids is 1. The second kappa shape index (κ2) is 6.51. The van der Waals surface area contributed by atoms with Crippen molar-refractivity contribution in [3.05, 3.63) is 29.8 Å². The van der Waals surface area contributed by atoms with Crippen molar-refractivity contribution in [2.45, 2.75) is 31.7 Å². The molecule has 2 aliphatic rings. The Balaban J connectivity index is 1.69. The molecule has 23 heavy (non-hydrogen) atoms. The van der Waals surface area contributed by atoms with Gasteiger partial charge >= 0.3 is 0 Å². The van der Waals surface area contributed by atoms with Crippen LogP contribution in [0.2, 0.25) is 0 Å². The number of hydrogen-bond donors (Lipinski definition) is 0. The predicted molar refractivity (Wildman–Crippen MR) is 88.1 cm³/mol. The minimum Gasteiger partial charge on any atom is -0.497 e. The molecule has 0 bridgehead atoms. The average Bonchev–Trinajstić information content (AvgIpc) is 3.14. The standard InChI is InChI=1S/C17H23NO4S/c1-22-15-5-2-4-14(11-15)16-6-3-8-18(16)17(19)10-13-7-9-23(20,21)12-13/h2,4-5,11,13,16H,3,6-10,12H2,1H3. The summed E-state index contributed by atoms with van der Waals surface area (Å²) in [7, 11) is -1.29. The Bertz CT molecular complexity index is 686. The fourth-order valence-corrected chi connectivity index (χ4v) is 5.52. The Labute approximate surface area is 137 Å². The van der Waals surface area contributed by atoms with Gasteiger partial charge in [0.05, 0.1) is 24.7 Å². The number of methoxy groups -OCH3 is 1. The van der Waals surface area contributed by atoms with Crippen molar-refractivity contribution < 1.29 is 17.9 Å². The lowest BCUT2D eigenvalue weighted by molar-refractivity contribution is -0.133. The summed E-state index contributed by atoms with van der Waals surface area (Å²) < 4.78 is 28.4. The molecule has 0 aliphatic carbocycles. The molecule has 6 heteroatoms. The molecule has 0 saturated carbocycles. The molecular weight excluding hydrogens is 314 g/mol. The first-order valence-corrected chi connectivity index (χ1v) is 9.94. The van der Waals surface area contributed by atoms with Gasteiger partial charge in [-0.1, -0.05) is 12.1 Å². The van der Waals surface area contributed by atoms with Crippen molar-refractivity contribution in [3.8, 4) is 5.75 Å². The number of hydrogen-bond acceptors (Lipinski definition) is 4. The normalized spacial score (nSPS) is 26.4. The summed E-state index contributed by atoms with van der Waals surface area (Å²) in [6, 6.07) is 7.93. The molecule has 0 aromatic heterocycles. The van der Waals surface area contributed by atoms with Gasteiger partial charge in [-0.3, -0.25) is 4.79 Å². The number of ether oxygens (including phenoxy) is 1. The van der Waals surface area contributed by atoms with Crippen LogP contribution < -0.4 is 4.74 Å². The highest BCUT2D eigenvalue weighted by molar-refractivity contribution is 7.91. The van der Waals surface area contributed by atoms with Gasteiger partial charge in [0.25, 0.3) is 0 Å². The van der Waals surface area contributed by atoms with E-state index in [-0.39, 0.29) is 29.4 Å². The van der Waals surface area contributed by atoms with Crippen LogP contribution in [0.4, 0.5) is 0 Å². The number of carbonyl (C=O) groups is 1. The Kier molecular flexibility index (Phi) is 4.62. The Morgan fingerprint density at radius 2 is 2.17 bits per heavy atom. The minimum absolute atomic E-state index is 0.0148. The summed E-state index contributed by atoms with van der Waals surface area (Å²) in [5, 5.41) is 0. The van der Waals surface area contributed by atoms with Gasteiger partial charge in [0.15, 0.2) is 9.84 Å². The summed E-state index contributed by atoms with van der Waals surface area (Å²) in [6.07, 6.45) is 2.89. The minimum atomic E-state index is -2.93. The molecular formula is C17H23NO4S. The fraction of sp³-hybridized carbons (Fsp3) is 0.588. The van der Waals surface area contributed by atoms with Crippen LogP contribution >= 0.6 is 0 Å². The maximum absolute atomic E-state index is 12.7. The van der Waals surface area contributed by atoms with Crippen LogP contribution in [0.15, 0.2) is 24.3 Å². The van der Waals surface area contributed by atoms with E-state index in [0.29, 0.717) is 12.8 Å². The number of nitrogens with zero attached hydrogens (tertiary/aromatic N) is 1. The van der Waals surface area contributed by atoms with Crippen LogP contribution in [0.5, 0.6) is 5.75 Å². The van der Waals surface area contributed by atoms with E-state index in [1.54, 1.807) is 7.11 Å². The lowest BCUT2D eigenvalue weighted by Crippen LogP contribution is -2.32. The van der Waals surface area contributed by atoms with Gasteiger partial charge in [-0.15, -0.1) is 0 Å². The van der Waals surface area contributed by atoms with E-state index in [1.165, 1.54) is 0 Å². The van der Waals surface area contributed by atoms with E-state index in [0.717, 1.165) is 30.7 Å². The molecule has 2 atom stereocenters. The van der Waals surface area contributed by atoms with Gasteiger partial charge in [-0.25, -0.2) is 8.42 Å². The largest absolute Gasteiger partial charge is 0.497 e. The summed E-state index contributed by atoms with van der Waals surface area (Å²) in [4.78, 5) is 14.6. The molecule has 2 saturated heterocycles. The third-order valence-electron chi connectivity index (χ3n) is 4.84. The van der Waals surface area contributed by atoms with Crippen LogP contribution in [0.25, 0.3) is 0 Å². The zero-order valence-electron chi connectivity index (χ0n) is 13.4. The lowest BCUT2D eigenvalue weighted by Gasteiger charge is -2.26. The van der Waals surface area contributed by atoms with Crippen LogP contribution in [0.3, 0.4) is 0 Å². The SMILES string of the molecule is COc1cccc(C2CCCN2C(=O)CC2CCS(=O)(=O)C2)c1. The fourth-order valence-electron chi connectivity index (χ4n) is 3.66. The molecule has 0 radical (unpaired) electrons. The number of sulfone groups is 1. The molecule has 1 aromatic carbocycles. The molecule has 3 rings (SSSR count). The first kappa shape index (κ1) is 16.3. The van der Waals surface area contributed by atoms with Crippen LogP contribution in [0, 0.1) is 5.92 Å². The zero-order valence-corrected chi connectivity index (χ0v) is 14.2.